The Morgan fingerprint density at radius 3 is 2.83 bits per heavy atom. The van der Waals surface area contributed by atoms with E-state index in [4.69, 9.17) is 4.74 Å². The fraction of sp³-hybridized carbons (Fsp3) is 0.800. The van der Waals surface area contributed by atoms with Crippen LogP contribution in [0, 0.1) is 0 Å². The van der Waals surface area contributed by atoms with Gasteiger partial charge in [0.05, 0.1) is 6.10 Å². The van der Waals surface area contributed by atoms with Crippen molar-refractivity contribution in [2.24, 2.45) is 0 Å². The summed E-state index contributed by atoms with van der Waals surface area (Å²) in [6.07, 6.45) is 7.72. The summed E-state index contributed by atoms with van der Waals surface area (Å²) in [5, 5.41) is 3.36. The van der Waals surface area contributed by atoms with E-state index < -0.39 is 0 Å². The first-order chi connectivity index (χ1) is 5.95. The Morgan fingerprint density at radius 2 is 2.17 bits per heavy atom. The summed E-state index contributed by atoms with van der Waals surface area (Å²) in [6.45, 7) is 3.27. The van der Waals surface area contributed by atoms with Crippen LogP contribution in [0.4, 0.5) is 0 Å². The minimum Gasteiger partial charge on any atom is -0.374 e. The summed E-state index contributed by atoms with van der Waals surface area (Å²) in [6, 6.07) is 0. The molecule has 0 aliphatic carbocycles. The Kier molecular flexibility index (Phi) is 2.79. The molecule has 0 bridgehead atoms. The summed E-state index contributed by atoms with van der Waals surface area (Å²) >= 11 is 0. The van der Waals surface area contributed by atoms with E-state index in [2.05, 4.69) is 11.4 Å². The smallest absolute Gasteiger partial charge is 0.0759 e. The number of hydrogen-bond acceptors (Lipinski definition) is 2. The molecule has 1 unspecified atom stereocenters. The fourth-order valence-electron chi connectivity index (χ4n) is 1.91. The molecule has 2 aliphatic heterocycles. The van der Waals surface area contributed by atoms with Crippen LogP contribution in [-0.4, -0.2) is 25.8 Å². The van der Waals surface area contributed by atoms with Gasteiger partial charge < -0.3 is 10.1 Å². The summed E-state index contributed by atoms with van der Waals surface area (Å²) < 4.78 is 5.56. The summed E-state index contributed by atoms with van der Waals surface area (Å²) in [4.78, 5) is 0. The van der Waals surface area contributed by atoms with Crippen LogP contribution in [0.15, 0.2) is 11.6 Å². The maximum atomic E-state index is 5.56. The van der Waals surface area contributed by atoms with E-state index in [1.807, 2.05) is 0 Å². The lowest BCUT2D eigenvalue weighted by atomic mass is 10.0. The van der Waals surface area contributed by atoms with Crippen molar-refractivity contribution >= 4 is 0 Å². The molecule has 2 saturated heterocycles. The van der Waals surface area contributed by atoms with Gasteiger partial charge in [0.1, 0.15) is 0 Å². The van der Waals surface area contributed by atoms with E-state index in [1.54, 1.807) is 5.57 Å². The van der Waals surface area contributed by atoms with Gasteiger partial charge in [-0.05, 0) is 38.8 Å². The van der Waals surface area contributed by atoms with Crippen LogP contribution in [0.25, 0.3) is 0 Å². The van der Waals surface area contributed by atoms with Gasteiger partial charge in [-0.2, -0.15) is 0 Å². The second kappa shape index (κ2) is 4.06. The van der Waals surface area contributed by atoms with Gasteiger partial charge in [-0.3, -0.25) is 0 Å². The predicted molar refractivity (Wildman–Crippen MR) is 49.2 cm³/mol. The molecule has 0 aromatic carbocycles. The summed E-state index contributed by atoms with van der Waals surface area (Å²) in [5.74, 6) is 0. The molecule has 0 aromatic heterocycles. The number of ether oxygens (including phenoxy) is 1. The van der Waals surface area contributed by atoms with E-state index in [0.717, 1.165) is 19.7 Å². The Balaban J connectivity index is 1.87. The first-order valence-corrected chi connectivity index (χ1v) is 4.97. The quantitative estimate of drug-likeness (QED) is 0.597. The molecule has 0 spiro atoms. The average molecular weight is 167 g/mol. The minimum absolute atomic E-state index is 0.443. The third-order valence-corrected chi connectivity index (χ3v) is 2.63. The van der Waals surface area contributed by atoms with Crippen molar-refractivity contribution in [2.75, 3.05) is 19.7 Å². The Hall–Kier alpha value is -0.340. The highest BCUT2D eigenvalue weighted by Gasteiger charge is 2.14. The molecule has 2 heterocycles. The first kappa shape index (κ1) is 8.27. The highest BCUT2D eigenvalue weighted by Crippen LogP contribution is 2.18. The molecule has 1 N–H and O–H groups in total. The van der Waals surface area contributed by atoms with Crippen LogP contribution in [-0.2, 0) is 4.74 Å². The third-order valence-electron chi connectivity index (χ3n) is 2.63. The summed E-state index contributed by atoms with van der Waals surface area (Å²) in [7, 11) is 0. The maximum absolute atomic E-state index is 5.56. The highest BCUT2D eigenvalue weighted by molar-refractivity contribution is 5.08. The van der Waals surface area contributed by atoms with Crippen LogP contribution >= 0.6 is 0 Å². The van der Waals surface area contributed by atoms with Gasteiger partial charge in [0.2, 0.25) is 0 Å². The van der Waals surface area contributed by atoms with Crippen molar-refractivity contribution in [2.45, 2.75) is 31.8 Å². The SMILES string of the molecule is C(=C1CCNCC1)C1CCCO1. The van der Waals surface area contributed by atoms with Gasteiger partial charge in [-0.1, -0.05) is 11.6 Å². The van der Waals surface area contributed by atoms with Gasteiger partial charge in [0.15, 0.2) is 0 Å². The van der Waals surface area contributed by atoms with Crippen molar-refractivity contribution < 1.29 is 4.74 Å². The molecule has 2 nitrogen and oxygen atoms in total. The molecule has 2 rings (SSSR count). The zero-order valence-electron chi connectivity index (χ0n) is 7.51. The van der Waals surface area contributed by atoms with Gasteiger partial charge >= 0.3 is 0 Å². The topological polar surface area (TPSA) is 21.3 Å². The van der Waals surface area contributed by atoms with Crippen LogP contribution in [0.3, 0.4) is 0 Å². The Bertz CT molecular complexity index is 163. The molecule has 0 aromatic rings. The van der Waals surface area contributed by atoms with Crippen molar-refractivity contribution in [1.29, 1.82) is 0 Å². The van der Waals surface area contributed by atoms with Crippen LogP contribution in [0.1, 0.15) is 25.7 Å². The molecule has 12 heavy (non-hydrogen) atoms. The molecular formula is C10H17NO. The van der Waals surface area contributed by atoms with E-state index in [0.29, 0.717) is 6.10 Å². The lowest BCUT2D eigenvalue weighted by molar-refractivity contribution is 0.144. The number of rotatable bonds is 1. The molecule has 0 amide bonds. The third kappa shape index (κ3) is 2.08. The monoisotopic (exact) mass is 167 g/mol. The summed E-state index contributed by atoms with van der Waals surface area (Å²) in [5.41, 5.74) is 1.60. The van der Waals surface area contributed by atoms with Crippen LogP contribution in [0.5, 0.6) is 0 Å². The van der Waals surface area contributed by atoms with Gasteiger partial charge in [-0.15, -0.1) is 0 Å². The molecule has 2 fully saturated rings. The average Bonchev–Trinajstić information content (AvgIpc) is 2.59. The molecule has 0 saturated carbocycles. The molecule has 1 atom stereocenters. The molecule has 68 valence electrons. The second-order valence-corrected chi connectivity index (χ2v) is 3.63. The first-order valence-electron chi connectivity index (χ1n) is 4.97. The van der Waals surface area contributed by atoms with Crippen molar-refractivity contribution in [3.05, 3.63) is 11.6 Å². The normalized spacial score (nSPS) is 30.7. The van der Waals surface area contributed by atoms with Crippen molar-refractivity contribution in [1.82, 2.24) is 5.32 Å². The Labute approximate surface area is 74.0 Å². The zero-order chi connectivity index (χ0) is 8.23. The lowest BCUT2D eigenvalue weighted by Crippen LogP contribution is -2.23. The standard InChI is InChI=1S/C10H17NO/c1-2-10(12-7-1)8-9-3-5-11-6-4-9/h8,10-11H,1-7H2. The highest BCUT2D eigenvalue weighted by atomic mass is 16.5. The van der Waals surface area contributed by atoms with Gasteiger partial charge in [0, 0.05) is 6.61 Å². The molecular weight excluding hydrogens is 150 g/mol. The maximum Gasteiger partial charge on any atom is 0.0759 e. The predicted octanol–water partition coefficient (Wildman–Crippen LogP) is 1.48. The van der Waals surface area contributed by atoms with E-state index in [1.165, 1.54) is 25.7 Å². The zero-order valence-corrected chi connectivity index (χ0v) is 7.51. The molecule has 0 radical (unpaired) electrons. The van der Waals surface area contributed by atoms with Crippen LogP contribution in [0.2, 0.25) is 0 Å². The lowest BCUT2D eigenvalue weighted by Gasteiger charge is -2.16. The number of hydrogen-bond donors (Lipinski definition) is 1. The van der Waals surface area contributed by atoms with Gasteiger partial charge in [0.25, 0.3) is 0 Å². The van der Waals surface area contributed by atoms with Crippen molar-refractivity contribution in [3.8, 4) is 0 Å². The van der Waals surface area contributed by atoms with Crippen LogP contribution < -0.4 is 5.32 Å². The second-order valence-electron chi connectivity index (χ2n) is 3.63. The van der Waals surface area contributed by atoms with Gasteiger partial charge in [-0.25, -0.2) is 0 Å². The number of piperidine rings is 1. The largest absolute Gasteiger partial charge is 0.374 e. The fourth-order valence-corrected chi connectivity index (χ4v) is 1.91. The van der Waals surface area contributed by atoms with E-state index >= 15 is 0 Å². The Morgan fingerprint density at radius 1 is 1.33 bits per heavy atom. The van der Waals surface area contributed by atoms with Crippen molar-refractivity contribution in [3.63, 3.8) is 0 Å². The van der Waals surface area contributed by atoms with E-state index in [-0.39, 0.29) is 0 Å². The van der Waals surface area contributed by atoms with E-state index in [9.17, 15) is 0 Å². The number of nitrogens with one attached hydrogen (secondary N) is 1. The molecule has 2 heteroatoms. The minimum atomic E-state index is 0.443. The molecule has 2 aliphatic rings.